The molecule has 0 aliphatic heterocycles. The Bertz CT molecular complexity index is 1440. The van der Waals surface area contributed by atoms with Crippen LogP contribution in [0, 0.1) is 0 Å². The molecule has 4 N–H and O–H groups in total. The summed E-state index contributed by atoms with van der Waals surface area (Å²) in [6, 6.07) is 28.2. The summed E-state index contributed by atoms with van der Waals surface area (Å²) < 4.78 is 10.7. The van der Waals surface area contributed by atoms with E-state index in [-0.39, 0.29) is 11.8 Å². The number of ether oxygens (including phenoxy) is 2. The molecular formula is C30H27N3O5S. The van der Waals surface area contributed by atoms with Crippen molar-refractivity contribution in [2.45, 2.75) is 10.1 Å². The summed E-state index contributed by atoms with van der Waals surface area (Å²) in [6.07, 6.45) is 0. The van der Waals surface area contributed by atoms with Crippen molar-refractivity contribution in [3.63, 3.8) is 0 Å². The predicted molar refractivity (Wildman–Crippen MR) is 153 cm³/mol. The number of nitrogens with two attached hydrogens (primary N) is 1. The number of amides is 3. The zero-order valence-corrected chi connectivity index (χ0v) is 22.2. The van der Waals surface area contributed by atoms with Crippen LogP contribution in [0.2, 0.25) is 0 Å². The molecule has 1 unspecified atom stereocenters. The van der Waals surface area contributed by atoms with Gasteiger partial charge in [-0.1, -0.05) is 36.4 Å². The maximum absolute atomic E-state index is 13.3. The third-order valence-electron chi connectivity index (χ3n) is 5.80. The Kier molecular flexibility index (Phi) is 8.86. The lowest BCUT2D eigenvalue weighted by atomic mass is 10.1. The Morgan fingerprint density at radius 1 is 0.718 bits per heavy atom. The van der Waals surface area contributed by atoms with Gasteiger partial charge >= 0.3 is 0 Å². The van der Waals surface area contributed by atoms with Crippen LogP contribution in [0.25, 0.3) is 0 Å². The van der Waals surface area contributed by atoms with Gasteiger partial charge in [0, 0.05) is 21.8 Å². The van der Waals surface area contributed by atoms with Crippen molar-refractivity contribution in [2.24, 2.45) is 5.73 Å². The van der Waals surface area contributed by atoms with E-state index in [0.717, 1.165) is 10.5 Å². The molecule has 3 amide bonds. The molecule has 198 valence electrons. The lowest BCUT2D eigenvalue weighted by molar-refractivity contribution is -0.115. The molecule has 9 heteroatoms. The Hall–Kier alpha value is -4.76. The first-order valence-electron chi connectivity index (χ1n) is 11.9. The van der Waals surface area contributed by atoms with Crippen LogP contribution in [0.5, 0.6) is 11.5 Å². The molecule has 0 aromatic heterocycles. The summed E-state index contributed by atoms with van der Waals surface area (Å²) in [5, 5.41) is 5.22. The van der Waals surface area contributed by atoms with Gasteiger partial charge < -0.3 is 25.8 Å². The molecule has 8 nitrogen and oxygen atoms in total. The summed E-state index contributed by atoms with van der Waals surface area (Å²) in [6.45, 7) is 0. The fraction of sp³-hybridized carbons (Fsp3) is 0.100. The SMILES string of the molecule is COc1cccc(OC)c1C(=O)Nc1ccc(SC(C(=O)Nc2ccc(C(N)=O)cc2)c2ccccc2)cc1. The maximum Gasteiger partial charge on any atom is 0.263 e. The monoisotopic (exact) mass is 541 g/mol. The van der Waals surface area contributed by atoms with Gasteiger partial charge in [0.2, 0.25) is 11.8 Å². The van der Waals surface area contributed by atoms with Crippen LogP contribution in [-0.2, 0) is 4.79 Å². The van der Waals surface area contributed by atoms with Gasteiger partial charge in [-0.3, -0.25) is 14.4 Å². The topological polar surface area (TPSA) is 120 Å². The van der Waals surface area contributed by atoms with Gasteiger partial charge in [0.25, 0.3) is 5.91 Å². The molecule has 0 heterocycles. The van der Waals surface area contributed by atoms with Crippen LogP contribution in [0.3, 0.4) is 0 Å². The molecule has 4 aromatic rings. The molecule has 0 radical (unpaired) electrons. The van der Waals surface area contributed by atoms with Crippen LogP contribution in [0.4, 0.5) is 11.4 Å². The average Bonchev–Trinajstić information content (AvgIpc) is 2.96. The molecular weight excluding hydrogens is 514 g/mol. The normalized spacial score (nSPS) is 11.2. The highest BCUT2D eigenvalue weighted by Crippen LogP contribution is 2.37. The second-order valence-corrected chi connectivity index (χ2v) is 9.53. The number of benzene rings is 4. The third-order valence-corrected chi connectivity index (χ3v) is 7.06. The molecule has 0 saturated heterocycles. The fourth-order valence-electron chi connectivity index (χ4n) is 3.85. The van der Waals surface area contributed by atoms with Crippen molar-refractivity contribution in [3.05, 3.63) is 114 Å². The first-order valence-corrected chi connectivity index (χ1v) is 12.8. The largest absolute Gasteiger partial charge is 0.496 e. The molecule has 0 bridgehead atoms. The number of carbonyl (C=O) groups excluding carboxylic acids is 3. The standard InChI is InChI=1S/C30H27N3O5S/c1-37-24-9-6-10-25(38-2)26(24)29(35)32-22-15-17-23(18-16-22)39-27(19-7-4-3-5-8-19)30(36)33-21-13-11-20(12-14-21)28(31)34/h3-18,27H,1-2H3,(H2,31,34)(H,32,35)(H,33,36). The minimum Gasteiger partial charge on any atom is -0.496 e. The second-order valence-electron chi connectivity index (χ2n) is 8.36. The molecule has 0 spiro atoms. The highest BCUT2D eigenvalue weighted by Gasteiger charge is 2.23. The van der Waals surface area contributed by atoms with Crippen molar-refractivity contribution in [1.29, 1.82) is 0 Å². The van der Waals surface area contributed by atoms with Gasteiger partial charge in [0.15, 0.2) is 0 Å². The first kappa shape index (κ1) is 27.3. The molecule has 0 aliphatic rings. The van der Waals surface area contributed by atoms with Crippen LogP contribution in [-0.4, -0.2) is 31.9 Å². The number of carbonyl (C=O) groups is 3. The number of hydrogen-bond acceptors (Lipinski definition) is 6. The number of nitrogens with one attached hydrogen (secondary N) is 2. The number of methoxy groups -OCH3 is 2. The molecule has 0 aliphatic carbocycles. The van der Waals surface area contributed by atoms with Crippen molar-refractivity contribution >= 4 is 40.9 Å². The average molecular weight is 542 g/mol. The van der Waals surface area contributed by atoms with Crippen molar-refractivity contribution < 1.29 is 23.9 Å². The number of hydrogen-bond donors (Lipinski definition) is 3. The number of rotatable bonds is 10. The molecule has 39 heavy (non-hydrogen) atoms. The van der Waals surface area contributed by atoms with E-state index >= 15 is 0 Å². The van der Waals surface area contributed by atoms with Crippen LogP contribution >= 0.6 is 11.8 Å². The van der Waals surface area contributed by atoms with Gasteiger partial charge in [-0.2, -0.15) is 0 Å². The van der Waals surface area contributed by atoms with E-state index in [1.165, 1.54) is 26.0 Å². The number of primary amides is 1. The van der Waals surface area contributed by atoms with Crippen molar-refractivity contribution in [1.82, 2.24) is 0 Å². The van der Waals surface area contributed by atoms with E-state index in [0.29, 0.717) is 34.0 Å². The van der Waals surface area contributed by atoms with Gasteiger partial charge in [-0.15, -0.1) is 11.8 Å². The zero-order chi connectivity index (χ0) is 27.8. The predicted octanol–water partition coefficient (Wildman–Crippen LogP) is 5.53. The molecule has 4 aromatic carbocycles. The van der Waals surface area contributed by atoms with E-state index in [9.17, 15) is 14.4 Å². The van der Waals surface area contributed by atoms with Crippen LogP contribution in [0.15, 0.2) is 102 Å². The van der Waals surface area contributed by atoms with E-state index in [1.807, 2.05) is 42.5 Å². The van der Waals surface area contributed by atoms with Gasteiger partial charge in [-0.05, 0) is 66.2 Å². The highest BCUT2D eigenvalue weighted by atomic mass is 32.2. The van der Waals surface area contributed by atoms with Gasteiger partial charge in [0.05, 0.1) is 14.2 Å². The summed E-state index contributed by atoms with van der Waals surface area (Å²) >= 11 is 1.37. The lowest BCUT2D eigenvalue weighted by Gasteiger charge is -2.18. The van der Waals surface area contributed by atoms with Crippen LogP contribution in [0.1, 0.15) is 31.5 Å². The second kappa shape index (κ2) is 12.7. The molecule has 0 saturated carbocycles. The Morgan fingerprint density at radius 3 is 1.85 bits per heavy atom. The smallest absolute Gasteiger partial charge is 0.263 e. The van der Waals surface area contributed by atoms with Crippen LogP contribution < -0.4 is 25.8 Å². The van der Waals surface area contributed by atoms with Gasteiger partial charge in [-0.25, -0.2) is 0 Å². The fourth-order valence-corrected chi connectivity index (χ4v) is 4.87. The number of anilines is 2. The third kappa shape index (κ3) is 6.77. The summed E-state index contributed by atoms with van der Waals surface area (Å²) in [4.78, 5) is 38.5. The summed E-state index contributed by atoms with van der Waals surface area (Å²) in [5.74, 6) is -0.320. The van der Waals surface area contributed by atoms with Crippen molar-refractivity contribution in [3.8, 4) is 11.5 Å². The van der Waals surface area contributed by atoms with E-state index in [2.05, 4.69) is 10.6 Å². The molecule has 1 atom stereocenters. The summed E-state index contributed by atoms with van der Waals surface area (Å²) in [7, 11) is 2.99. The molecule has 0 fully saturated rings. The van der Waals surface area contributed by atoms with E-state index in [1.54, 1.807) is 54.6 Å². The Labute approximate surface area is 230 Å². The lowest BCUT2D eigenvalue weighted by Crippen LogP contribution is -2.19. The molecule has 4 rings (SSSR count). The van der Waals surface area contributed by atoms with E-state index < -0.39 is 11.2 Å². The Morgan fingerprint density at radius 2 is 1.28 bits per heavy atom. The summed E-state index contributed by atoms with van der Waals surface area (Å²) in [5.41, 5.74) is 7.92. The minimum atomic E-state index is -0.555. The maximum atomic E-state index is 13.3. The highest BCUT2D eigenvalue weighted by molar-refractivity contribution is 8.00. The quantitative estimate of drug-likeness (QED) is 0.227. The Balaban J connectivity index is 1.50. The number of thioether (sulfide) groups is 1. The van der Waals surface area contributed by atoms with E-state index in [4.69, 9.17) is 15.2 Å². The first-order chi connectivity index (χ1) is 18.9. The van der Waals surface area contributed by atoms with Gasteiger partial charge in [0.1, 0.15) is 22.3 Å². The zero-order valence-electron chi connectivity index (χ0n) is 21.3. The van der Waals surface area contributed by atoms with Crippen molar-refractivity contribution in [2.75, 3.05) is 24.9 Å². The minimum absolute atomic E-state index is 0.223.